The van der Waals surface area contributed by atoms with Crippen molar-refractivity contribution in [1.29, 1.82) is 15.8 Å². The molecule has 0 saturated carbocycles. The fraction of sp³-hybridized carbons (Fsp3) is 0. The molecule has 2 heterocycles. The van der Waals surface area contributed by atoms with E-state index in [9.17, 15) is 15.8 Å². The van der Waals surface area contributed by atoms with Crippen LogP contribution in [0.3, 0.4) is 0 Å². The second-order valence-electron chi connectivity index (χ2n) is 12.3. The summed E-state index contributed by atoms with van der Waals surface area (Å²) in [6.07, 6.45) is 0. The summed E-state index contributed by atoms with van der Waals surface area (Å²) in [5, 5.41) is 34.1. The normalized spacial score (nSPS) is 11.1. The molecule has 0 N–H and O–H groups in total. The van der Waals surface area contributed by atoms with Gasteiger partial charge in [0.25, 0.3) is 0 Å². The third-order valence-electron chi connectivity index (χ3n) is 9.62. The summed E-state index contributed by atoms with van der Waals surface area (Å²) in [6, 6.07) is 57.8. The number of para-hydroxylation sites is 3. The lowest BCUT2D eigenvalue weighted by molar-refractivity contribution is 1.18. The lowest BCUT2D eigenvalue weighted by Crippen LogP contribution is -1.99. The van der Waals surface area contributed by atoms with Crippen LogP contribution in [0.5, 0.6) is 0 Å². The first-order chi connectivity index (χ1) is 24.7. The Hall–Kier alpha value is -7.39. The Bertz CT molecular complexity index is 2850. The molecule has 9 aromatic rings. The Morgan fingerprint density at radius 2 is 0.960 bits per heavy atom. The number of hydrogen-bond acceptors (Lipinski definition) is 3. The van der Waals surface area contributed by atoms with Crippen LogP contribution in [0.15, 0.2) is 152 Å². The highest BCUT2D eigenvalue weighted by Gasteiger charge is 2.21. The monoisotopic (exact) mass is 635 g/mol. The van der Waals surface area contributed by atoms with Crippen molar-refractivity contribution in [3.8, 4) is 51.8 Å². The van der Waals surface area contributed by atoms with Gasteiger partial charge in [-0.25, -0.2) is 0 Å². The molecule has 0 bridgehead atoms. The van der Waals surface area contributed by atoms with Crippen molar-refractivity contribution in [1.82, 2.24) is 9.13 Å². The summed E-state index contributed by atoms with van der Waals surface area (Å²) in [5.41, 5.74) is 11.4. The number of aromatic nitrogens is 2. The molecule has 9 rings (SSSR count). The predicted molar refractivity (Wildman–Crippen MR) is 200 cm³/mol. The maximum absolute atomic E-state index is 10.5. The van der Waals surface area contributed by atoms with Gasteiger partial charge in [0.05, 0.1) is 62.7 Å². The van der Waals surface area contributed by atoms with Gasteiger partial charge in [0, 0.05) is 38.4 Å². The van der Waals surface area contributed by atoms with Gasteiger partial charge in [-0.15, -0.1) is 0 Å². The first-order valence-electron chi connectivity index (χ1n) is 16.3. The molecule has 0 spiro atoms. The van der Waals surface area contributed by atoms with Crippen LogP contribution < -0.4 is 0 Å². The smallest absolute Gasteiger partial charge is 0.0998 e. The number of rotatable bonds is 4. The quantitative estimate of drug-likeness (QED) is 0.193. The molecule has 0 atom stereocenters. The maximum Gasteiger partial charge on any atom is 0.0998 e. The van der Waals surface area contributed by atoms with Gasteiger partial charge in [0.1, 0.15) is 0 Å². The van der Waals surface area contributed by atoms with E-state index in [1.165, 1.54) is 10.8 Å². The average molecular weight is 636 g/mol. The van der Waals surface area contributed by atoms with Gasteiger partial charge in [-0.2, -0.15) is 15.8 Å². The van der Waals surface area contributed by atoms with Crippen LogP contribution in [-0.2, 0) is 0 Å². The van der Waals surface area contributed by atoms with Crippen molar-refractivity contribution in [3.63, 3.8) is 0 Å². The highest BCUT2D eigenvalue weighted by Crippen LogP contribution is 2.42. The first kappa shape index (κ1) is 28.8. The topological polar surface area (TPSA) is 81.2 Å². The van der Waals surface area contributed by atoms with E-state index in [0.717, 1.165) is 66.5 Å². The summed E-state index contributed by atoms with van der Waals surface area (Å²) >= 11 is 0. The van der Waals surface area contributed by atoms with Crippen molar-refractivity contribution in [2.75, 3.05) is 0 Å². The van der Waals surface area contributed by atoms with E-state index in [0.29, 0.717) is 16.7 Å². The minimum Gasteiger partial charge on any atom is -0.309 e. The molecule has 5 nitrogen and oxygen atoms in total. The van der Waals surface area contributed by atoms with E-state index in [1.54, 1.807) is 0 Å². The van der Waals surface area contributed by atoms with Crippen LogP contribution in [0.1, 0.15) is 16.7 Å². The van der Waals surface area contributed by atoms with E-state index in [2.05, 4.69) is 118 Å². The van der Waals surface area contributed by atoms with Crippen molar-refractivity contribution >= 4 is 43.6 Å². The fourth-order valence-corrected chi connectivity index (χ4v) is 7.50. The van der Waals surface area contributed by atoms with E-state index in [-0.39, 0.29) is 0 Å². The summed E-state index contributed by atoms with van der Waals surface area (Å²) in [7, 11) is 0. The molecule has 0 amide bonds. The van der Waals surface area contributed by atoms with Crippen LogP contribution in [0.25, 0.3) is 77.2 Å². The van der Waals surface area contributed by atoms with E-state index < -0.39 is 0 Å². The van der Waals surface area contributed by atoms with Gasteiger partial charge in [0.15, 0.2) is 0 Å². The van der Waals surface area contributed by atoms with Crippen molar-refractivity contribution < 1.29 is 0 Å². The third kappa shape index (κ3) is 4.31. The molecule has 0 aliphatic rings. The lowest BCUT2D eigenvalue weighted by Gasteiger charge is -2.18. The van der Waals surface area contributed by atoms with E-state index in [4.69, 9.17) is 0 Å². The van der Waals surface area contributed by atoms with Crippen molar-refractivity contribution in [3.05, 3.63) is 168 Å². The van der Waals surface area contributed by atoms with Gasteiger partial charge in [-0.3, -0.25) is 0 Å². The summed E-state index contributed by atoms with van der Waals surface area (Å²) < 4.78 is 4.49. The van der Waals surface area contributed by atoms with Gasteiger partial charge < -0.3 is 9.13 Å². The maximum atomic E-state index is 10.5. The minimum atomic E-state index is 0.555. The molecule has 50 heavy (non-hydrogen) atoms. The molecule has 0 unspecified atom stereocenters. The van der Waals surface area contributed by atoms with Crippen LogP contribution in [-0.4, -0.2) is 9.13 Å². The Labute approximate surface area is 287 Å². The van der Waals surface area contributed by atoms with E-state index >= 15 is 0 Å². The Kier molecular flexibility index (Phi) is 6.56. The van der Waals surface area contributed by atoms with Crippen LogP contribution >= 0.6 is 0 Å². The fourth-order valence-electron chi connectivity index (χ4n) is 7.50. The minimum absolute atomic E-state index is 0.555. The molecule has 7 aromatic carbocycles. The molecule has 230 valence electrons. The second-order valence-corrected chi connectivity index (χ2v) is 12.3. The molecule has 5 heteroatoms. The van der Waals surface area contributed by atoms with Crippen molar-refractivity contribution in [2.45, 2.75) is 0 Å². The number of nitriles is 3. The zero-order valence-electron chi connectivity index (χ0n) is 26.7. The molecule has 2 aromatic heterocycles. The molecule has 0 fully saturated rings. The van der Waals surface area contributed by atoms with Gasteiger partial charge in [-0.05, 0) is 83.9 Å². The van der Waals surface area contributed by atoms with Crippen LogP contribution in [0, 0.1) is 34.0 Å². The lowest BCUT2D eigenvalue weighted by atomic mass is 9.90. The zero-order chi connectivity index (χ0) is 33.8. The number of nitrogens with zero attached hydrogens (tertiary/aromatic N) is 5. The molecule has 0 aliphatic heterocycles. The van der Waals surface area contributed by atoms with Crippen molar-refractivity contribution in [2.24, 2.45) is 0 Å². The predicted octanol–water partition coefficient (Wildman–Crippen LogP) is 10.8. The average Bonchev–Trinajstić information content (AvgIpc) is 3.69. The zero-order valence-corrected chi connectivity index (χ0v) is 26.7. The van der Waals surface area contributed by atoms with E-state index in [1.807, 2.05) is 60.7 Å². The number of fused-ring (bicyclic) bond motifs is 6. The highest BCUT2D eigenvalue weighted by atomic mass is 15.0. The highest BCUT2D eigenvalue weighted by molar-refractivity contribution is 6.11. The molecule has 0 saturated heterocycles. The van der Waals surface area contributed by atoms with Gasteiger partial charge >= 0.3 is 0 Å². The SMILES string of the molecule is N#Cc1ccc2c(c1)c1cc(C#N)ccc1n2-c1ccccc1-c1cccc(C#N)c1-c1cccc(-n2c3ccccc3c3ccccc32)c1. The molecular formula is C45H25N5. The molecule has 0 aliphatic carbocycles. The molecular weight excluding hydrogens is 611 g/mol. The Morgan fingerprint density at radius 3 is 1.60 bits per heavy atom. The standard InChI is InChI=1S/C45H25N5/c46-26-29-19-21-43-38(23-29)39-24-30(27-47)20-22-44(39)50(43)42-18-6-3-14-36(42)37-15-8-10-32(28-48)45(37)31-9-7-11-33(25-31)49-40-16-4-1-12-34(40)35-13-2-5-17-41(35)49/h1-25H. The Morgan fingerprint density at radius 1 is 0.400 bits per heavy atom. The van der Waals surface area contributed by atoms with Gasteiger partial charge in [0.2, 0.25) is 0 Å². The summed E-state index contributed by atoms with van der Waals surface area (Å²) in [6.45, 7) is 0. The van der Waals surface area contributed by atoms with Crippen LogP contribution in [0.2, 0.25) is 0 Å². The van der Waals surface area contributed by atoms with Crippen LogP contribution in [0.4, 0.5) is 0 Å². The molecule has 0 radical (unpaired) electrons. The summed E-state index contributed by atoms with van der Waals surface area (Å²) in [5.74, 6) is 0. The third-order valence-corrected chi connectivity index (χ3v) is 9.62. The summed E-state index contributed by atoms with van der Waals surface area (Å²) in [4.78, 5) is 0. The Balaban J connectivity index is 1.30. The number of hydrogen-bond donors (Lipinski definition) is 0. The van der Waals surface area contributed by atoms with Gasteiger partial charge in [-0.1, -0.05) is 78.9 Å². The number of benzene rings is 7. The first-order valence-corrected chi connectivity index (χ1v) is 16.3. The largest absolute Gasteiger partial charge is 0.309 e. The second kappa shape index (κ2) is 11.4.